The number of rotatable bonds is 5. The van der Waals surface area contributed by atoms with Crippen molar-refractivity contribution in [3.63, 3.8) is 0 Å². The number of benzene rings is 3. The number of carbonyl (C=O) groups excluding carboxylic acids is 1. The fourth-order valence-electron chi connectivity index (χ4n) is 2.51. The Labute approximate surface area is 162 Å². The number of ketones is 1. The smallest absolute Gasteiger partial charge is 0.241 e. The first-order valence-electron chi connectivity index (χ1n) is 7.96. The quantitative estimate of drug-likeness (QED) is 0.419. The summed E-state index contributed by atoms with van der Waals surface area (Å²) >= 11 is 11.1. The summed E-state index contributed by atoms with van der Waals surface area (Å²) in [7, 11) is 1.91. The van der Waals surface area contributed by atoms with E-state index in [0.717, 1.165) is 11.4 Å². The second-order valence-corrected chi connectivity index (χ2v) is 6.39. The van der Waals surface area contributed by atoms with E-state index in [0.29, 0.717) is 16.3 Å². The molecule has 0 fully saturated rings. The lowest BCUT2D eigenvalue weighted by molar-refractivity contribution is 0.105. The molecule has 0 unspecified atom stereocenters. The maximum atomic E-state index is 12.9. The standard InChI is InChI=1S/C21H16ClNO2S/c1-23(16-7-3-2-4-8-16)19-10-6-5-9-18(19)20(24)21(26)25-17-13-11-15(22)12-14-17/h2-14H,1H3. The number of carbonyl (C=O) groups is 1. The minimum Gasteiger partial charge on any atom is -0.442 e. The van der Waals surface area contributed by atoms with Crippen LogP contribution in [-0.4, -0.2) is 17.9 Å². The van der Waals surface area contributed by atoms with E-state index in [1.165, 1.54) is 0 Å². The predicted octanol–water partition coefficient (Wildman–Crippen LogP) is 5.70. The fourth-order valence-corrected chi connectivity index (χ4v) is 2.85. The van der Waals surface area contributed by atoms with E-state index >= 15 is 0 Å². The van der Waals surface area contributed by atoms with Gasteiger partial charge in [0.25, 0.3) is 0 Å². The number of halogens is 1. The Morgan fingerprint density at radius 1 is 0.923 bits per heavy atom. The van der Waals surface area contributed by atoms with Gasteiger partial charge in [0.1, 0.15) is 5.75 Å². The first-order valence-corrected chi connectivity index (χ1v) is 8.75. The van der Waals surface area contributed by atoms with Crippen molar-refractivity contribution in [2.45, 2.75) is 0 Å². The van der Waals surface area contributed by atoms with Crippen LogP contribution in [0, 0.1) is 0 Å². The third-order valence-corrected chi connectivity index (χ3v) is 4.38. The number of ether oxygens (including phenoxy) is 1. The van der Waals surface area contributed by atoms with Gasteiger partial charge >= 0.3 is 0 Å². The van der Waals surface area contributed by atoms with Gasteiger partial charge in [-0.2, -0.15) is 0 Å². The number of Topliss-reactive ketones (excluding diaryl/α,β-unsaturated/α-hetero) is 1. The molecule has 3 aromatic rings. The van der Waals surface area contributed by atoms with Gasteiger partial charge in [-0.3, -0.25) is 4.79 Å². The summed E-state index contributed by atoms with van der Waals surface area (Å²) in [6.07, 6.45) is 0. The van der Waals surface area contributed by atoms with Crippen molar-refractivity contribution in [2.75, 3.05) is 11.9 Å². The summed E-state index contributed by atoms with van der Waals surface area (Å²) in [5, 5.41) is 0.477. The Morgan fingerprint density at radius 3 is 2.23 bits per heavy atom. The molecule has 0 amide bonds. The molecule has 3 aromatic carbocycles. The van der Waals surface area contributed by atoms with Gasteiger partial charge in [0.05, 0.1) is 11.3 Å². The molecule has 0 atom stereocenters. The number of thiocarbonyl (C=S) groups is 1. The van der Waals surface area contributed by atoms with Crippen LogP contribution in [0.5, 0.6) is 5.75 Å². The van der Waals surface area contributed by atoms with Gasteiger partial charge in [-0.05, 0) is 60.7 Å². The van der Waals surface area contributed by atoms with Crippen LogP contribution in [0.15, 0.2) is 78.9 Å². The average molecular weight is 382 g/mol. The number of nitrogens with zero attached hydrogens (tertiary/aromatic N) is 1. The van der Waals surface area contributed by atoms with E-state index in [1.807, 2.05) is 54.4 Å². The maximum absolute atomic E-state index is 12.9. The normalized spacial score (nSPS) is 10.2. The van der Waals surface area contributed by atoms with Gasteiger partial charge in [-0.1, -0.05) is 41.9 Å². The van der Waals surface area contributed by atoms with Crippen LogP contribution in [-0.2, 0) is 0 Å². The Morgan fingerprint density at radius 2 is 1.54 bits per heavy atom. The molecule has 0 N–H and O–H groups in total. The maximum Gasteiger partial charge on any atom is 0.241 e. The highest BCUT2D eigenvalue weighted by Crippen LogP contribution is 2.27. The molecule has 0 bridgehead atoms. The Balaban J connectivity index is 1.85. The summed E-state index contributed by atoms with van der Waals surface area (Å²) in [4.78, 5) is 14.8. The Bertz CT molecular complexity index is 926. The van der Waals surface area contributed by atoms with Crippen LogP contribution < -0.4 is 9.64 Å². The van der Waals surface area contributed by atoms with Crippen LogP contribution in [0.2, 0.25) is 5.02 Å². The van der Waals surface area contributed by atoms with Crippen molar-refractivity contribution in [3.8, 4) is 5.75 Å². The number of para-hydroxylation sites is 2. The van der Waals surface area contributed by atoms with E-state index in [9.17, 15) is 4.79 Å². The monoisotopic (exact) mass is 381 g/mol. The van der Waals surface area contributed by atoms with Crippen molar-refractivity contribution >= 4 is 46.0 Å². The third kappa shape index (κ3) is 4.10. The van der Waals surface area contributed by atoms with Gasteiger partial charge in [0, 0.05) is 17.8 Å². The van der Waals surface area contributed by atoms with E-state index in [1.54, 1.807) is 36.4 Å². The summed E-state index contributed by atoms with van der Waals surface area (Å²) in [6.45, 7) is 0. The second kappa shape index (κ2) is 8.13. The van der Waals surface area contributed by atoms with Crippen LogP contribution in [0.25, 0.3) is 0 Å². The number of hydrogen-bond acceptors (Lipinski definition) is 4. The summed E-state index contributed by atoms with van der Waals surface area (Å²) in [5.41, 5.74) is 2.21. The molecule has 0 aliphatic carbocycles. The lowest BCUT2D eigenvalue weighted by Gasteiger charge is -2.22. The molecule has 3 nitrogen and oxygen atoms in total. The lowest BCUT2D eigenvalue weighted by Crippen LogP contribution is -2.21. The van der Waals surface area contributed by atoms with Gasteiger partial charge in [0.15, 0.2) is 0 Å². The highest BCUT2D eigenvalue weighted by atomic mass is 35.5. The van der Waals surface area contributed by atoms with Gasteiger partial charge in [0.2, 0.25) is 10.8 Å². The highest BCUT2D eigenvalue weighted by molar-refractivity contribution is 7.81. The Hall–Kier alpha value is -2.69. The van der Waals surface area contributed by atoms with Crippen molar-refractivity contribution in [3.05, 3.63) is 89.4 Å². The molecule has 0 saturated heterocycles. The van der Waals surface area contributed by atoms with Crippen LogP contribution in [0.4, 0.5) is 11.4 Å². The first-order chi connectivity index (χ1) is 12.6. The van der Waals surface area contributed by atoms with Crippen LogP contribution >= 0.6 is 23.8 Å². The fraction of sp³-hybridized carbons (Fsp3) is 0.0476. The zero-order valence-electron chi connectivity index (χ0n) is 14.1. The zero-order chi connectivity index (χ0) is 18.5. The summed E-state index contributed by atoms with van der Waals surface area (Å²) in [5.74, 6) is 0.134. The molecule has 26 heavy (non-hydrogen) atoms. The van der Waals surface area contributed by atoms with Crippen molar-refractivity contribution in [2.24, 2.45) is 0 Å². The molecular weight excluding hydrogens is 366 g/mol. The van der Waals surface area contributed by atoms with Gasteiger partial charge in [-0.25, -0.2) is 0 Å². The molecule has 0 aromatic heterocycles. The van der Waals surface area contributed by atoms with E-state index in [-0.39, 0.29) is 10.8 Å². The highest BCUT2D eigenvalue weighted by Gasteiger charge is 2.20. The van der Waals surface area contributed by atoms with Crippen molar-refractivity contribution < 1.29 is 9.53 Å². The second-order valence-electron chi connectivity index (χ2n) is 5.58. The summed E-state index contributed by atoms with van der Waals surface area (Å²) in [6, 6.07) is 23.8. The predicted molar refractivity (Wildman–Crippen MR) is 110 cm³/mol. The molecule has 0 aliphatic heterocycles. The lowest BCUT2D eigenvalue weighted by atomic mass is 10.1. The zero-order valence-corrected chi connectivity index (χ0v) is 15.6. The van der Waals surface area contributed by atoms with E-state index in [2.05, 4.69) is 0 Å². The molecule has 0 heterocycles. The summed E-state index contributed by atoms with van der Waals surface area (Å²) < 4.78 is 5.53. The molecule has 0 saturated carbocycles. The largest absolute Gasteiger partial charge is 0.442 e. The topological polar surface area (TPSA) is 29.5 Å². The van der Waals surface area contributed by atoms with E-state index < -0.39 is 0 Å². The molecule has 5 heteroatoms. The van der Waals surface area contributed by atoms with Crippen molar-refractivity contribution in [1.82, 2.24) is 0 Å². The third-order valence-electron chi connectivity index (χ3n) is 3.86. The molecule has 0 aliphatic rings. The molecule has 0 radical (unpaired) electrons. The SMILES string of the molecule is CN(c1ccccc1)c1ccccc1C(=O)C(=S)Oc1ccc(Cl)cc1. The molecule has 3 rings (SSSR count). The number of hydrogen-bond donors (Lipinski definition) is 0. The van der Waals surface area contributed by atoms with E-state index in [4.69, 9.17) is 28.6 Å². The molecule has 130 valence electrons. The number of anilines is 2. The Kier molecular flexibility index (Phi) is 5.66. The average Bonchev–Trinajstić information content (AvgIpc) is 2.69. The van der Waals surface area contributed by atoms with Gasteiger partial charge in [-0.15, -0.1) is 0 Å². The van der Waals surface area contributed by atoms with Crippen LogP contribution in [0.1, 0.15) is 10.4 Å². The van der Waals surface area contributed by atoms with Crippen molar-refractivity contribution in [1.29, 1.82) is 0 Å². The molecular formula is C21H16ClNO2S. The minimum absolute atomic E-state index is 0.110. The van der Waals surface area contributed by atoms with Gasteiger partial charge < -0.3 is 9.64 Å². The molecule has 0 spiro atoms. The van der Waals surface area contributed by atoms with Crippen LogP contribution in [0.3, 0.4) is 0 Å². The first kappa shape index (κ1) is 18.1. The minimum atomic E-state index is -0.340.